The third-order valence-corrected chi connectivity index (χ3v) is 16.4. The molecule has 0 radical (unpaired) electrons. The summed E-state index contributed by atoms with van der Waals surface area (Å²) in [4.78, 5) is 34.5. The van der Waals surface area contributed by atoms with Crippen LogP contribution in [0.2, 0.25) is 5.15 Å². The summed E-state index contributed by atoms with van der Waals surface area (Å²) in [5, 5.41) is 15.3. The quantitative estimate of drug-likeness (QED) is 0.116. The molecule has 0 aliphatic carbocycles. The smallest absolute Gasteiger partial charge is 0.255 e. The van der Waals surface area contributed by atoms with E-state index in [0.29, 0.717) is 89.0 Å². The van der Waals surface area contributed by atoms with Gasteiger partial charge in [-0.2, -0.15) is 10.2 Å². The second kappa shape index (κ2) is 23.6. The molecule has 18 nitrogen and oxygen atoms in total. The van der Waals surface area contributed by atoms with Crippen molar-refractivity contribution >= 4 is 88.1 Å². The highest BCUT2D eigenvalue weighted by atomic mass is 35.5. The number of carbonyl (C=O) groups is 2. The van der Waals surface area contributed by atoms with Crippen molar-refractivity contribution in [1.29, 1.82) is 0 Å². The van der Waals surface area contributed by atoms with Crippen molar-refractivity contribution < 1.29 is 52.8 Å². The highest BCUT2D eigenvalue weighted by Gasteiger charge is 2.28. The van der Waals surface area contributed by atoms with Gasteiger partial charge in [0.15, 0.2) is 11.3 Å². The summed E-state index contributed by atoms with van der Waals surface area (Å²) in [5.41, 5.74) is 8.41. The van der Waals surface area contributed by atoms with E-state index in [1.807, 2.05) is 0 Å². The lowest BCUT2D eigenvalue weighted by atomic mass is 10.0. The van der Waals surface area contributed by atoms with E-state index in [-0.39, 0.29) is 40.1 Å². The number of fused-ring (bicyclic) bond motifs is 4. The van der Waals surface area contributed by atoms with Gasteiger partial charge in [-0.3, -0.25) is 18.2 Å². The topological polar surface area (TPSA) is 220 Å². The minimum Gasteiger partial charge on any atom is -0.455 e. The molecule has 438 valence electrons. The van der Waals surface area contributed by atoms with Gasteiger partial charge in [-0.25, -0.2) is 53.4 Å². The molecule has 0 unspecified atom stereocenters. The Balaban J connectivity index is 0.000000158. The molecule has 0 spiro atoms. The summed E-state index contributed by atoms with van der Waals surface area (Å²) in [6.07, 6.45) is 5.63. The molecule has 12 aromatic rings. The van der Waals surface area contributed by atoms with E-state index in [2.05, 4.69) is 25.7 Å². The van der Waals surface area contributed by atoms with Crippen molar-refractivity contribution in [3.05, 3.63) is 203 Å². The first kappa shape index (κ1) is 59.3. The van der Waals surface area contributed by atoms with Crippen molar-refractivity contribution in [3.8, 4) is 56.4 Å². The maximum atomic E-state index is 13.7. The Labute approximate surface area is 494 Å². The van der Waals surface area contributed by atoms with Gasteiger partial charge in [-0.15, -0.1) is 0 Å². The third-order valence-electron chi connectivity index (χ3n) is 13.8. The Morgan fingerprint density at radius 2 is 0.895 bits per heavy atom. The number of nitrogens with zero attached hydrogens (tertiary/aromatic N) is 8. The summed E-state index contributed by atoms with van der Waals surface area (Å²) >= 11 is 5.79. The number of benzene rings is 6. The Morgan fingerprint density at radius 3 is 1.33 bits per heavy atom. The summed E-state index contributed by atoms with van der Waals surface area (Å²) in [6.45, 7) is 1.76. The zero-order valence-electron chi connectivity index (χ0n) is 46.6. The molecule has 25 heteroatoms. The average Bonchev–Trinajstić information content (AvgIpc) is 1.72. The van der Waals surface area contributed by atoms with Crippen LogP contribution in [-0.4, -0.2) is 98.5 Å². The minimum atomic E-state index is -3.72. The van der Waals surface area contributed by atoms with Crippen LogP contribution < -0.4 is 19.2 Å². The SMILES string of the molecule is CNC(=O)c1c(-c2ccc(F)cc2)oc2cc(N(C)S(C)(=O)=O)c(-c3ccc4nc(-c5ccc(F)cc5)cn4n3)cc12.CNC(=O)c1c(-c2ccc(F)cc2)oc2cc(N(C)S(C)(=O)=O)c(C)cc12.Fc1ccc(-c2cn3nc(Cl)ccc3n2)cc1. The van der Waals surface area contributed by atoms with Gasteiger partial charge in [0, 0.05) is 78.9 Å². The largest absolute Gasteiger partial charge is 0.455 e. The van der Waals surface area contributed by atoms with Crippen LogP contribution in [0.3, 0.4) is 0 Å². The maximum absolute atomic E-state index is 13.7. The van der Waals surface area contributed by atoms with E-state index < -0.39 is 37.6 Å². The second-order valence-corrected chi connectivity index (χ2v) is 23.9. The van der Waals surface area contributed by atoms with Gasteiger partial charge in [-0.05, 0) is 146 Å². The predicted octanol–water partition coefficient (Wildman–Crippen LogP) is 12.0. The molecule has 6 aromatic carbocycles. The fraction of sp³-hybridized carbons (Fsp3) is 0.115. The Hall–Kier alpha value is -9.91. The Bertz CT molecular complexity index is 4830. The number of imidazole rings is 2. The van der Waals surface area contributed by atoms with Gasteiger partial charge in [0.1, 0.15) is 51.1 Å². The fourth-order valence-corrected chi connectivity index (χ4v) is 10.5. The lowest BCUT2D eigenvalue weighted by molar-refractivity contribution is 0.0956. The normalized spacial score (nSPS) is 11.5. The molecule has 0 aliphatic rings. The molecular weight excluding hydrogens is 1180 g/mol. The van der Waals surface area contributed by atoms with Crippen LogP contribution in [0, 0.1) is 30.2 Å². The van der Waals surface area contributed by atoms with Crippen LogP contribution >= 0.6 is 11.6 Å². The minimum absolute atomic E-state index is 0.205. The summed E-state index contributed by atoms with van der Waals surface area (Å²) in [7, 11) is -1.33. The number of halogens is 5. The first-order chi connectivity index (χ1) is 40.9. The number of sulfonamides is 2. The number of carbonyl (C=O) groups excluding carboxylic acids is 2. The number of amides is 2. The number of hydrogen-bond acceptors (Lipinski definition) is 12. The van der Waals surface area contributed by atoms with Crippen molar-refractivity contribution in [2.45, 2.75) is 6.92 Å². The summed E-state index contributed by atoms with van der Waals surface area (Å²) in [5.74, 6) is -1.76. The molecule has 2 N–H and O–H groups in total. The van der Waals surface area contributed by atoms with Crippen LogP contribution in [0.4, 0.5) is 28.9 Å². The molecule has 2 amide bonds. The molecular formula is C61H49ClF4N10O8S2. The Kier molecular flexibility index (Phi) is 16.3. The van der Waals surface area contributed by atoms with Gasteiger partial charge in [-0.1, -0.05) is 11.6 Å². The van der Waals surface area contributed by atoms with Crippen LogP contribution in [0.15, 0.2) is 167 Å². The lowest BCUT2D eigenvalue weighted by Gasteiger charge is -2.20. The van der Waals surface area contributed by atoms with Crippen molar-refractivity contribution in [1.82, 2.24) is 39.8 Å². The molecule has 86 heavy (non-hydrogen) atoms. The van der Waals surface area contributed by atoms with E-state index >= 15 is 0 Å². The zero-order valence-corrected chi connectivity index (χ0v) is 49.0. The van der Waals surface area contributed by atoms with E-state index in [9.17, 15) is 44.0 Å². The summed E-state index contributed by atoms with van der Waals surface area (Å²) < 4.78 is 120. The van der Waals surface area contributed by atoms with E-state index in [4.69, 9.17) is 25.5 Å². The van der Waals surface area contributed by atoms with E-state index in [1.54, 1.807) is 95.1 Å². The molecule has 0 saturated heterocycles. The number of nitrogens with one attached hydrogen (secondary N) is 2. The first-order valence-electron chi connectivity index (χ1n) is 25.8. The molecule has 12 rings (SSSR count). The zero-order chi connectivity index (χ0) is 61.5. The number of anilines is 2. The molecule has 0 atom stereocenters. The van der Waals surface area contributed by atoms with Crippen LogP contribution in [-0.2, 0) is 20.0 Å². The first-order valence-corrected chi connectivity index (χ1v) is 29.9. The van der Waals surface area contributed by atoms with Crippen LogP contribution in [0.1, 0.15) is 26.3 Å². The molecule has 6 aromatic heterocycles. The number of hydrogen-bond donors (Lipinski definition) is 2. The number of furan rings is 2. The highest BCUT2D eigenvalue weighted by molar-refractivity contribution is 7.92. The van der Waals surface area contributed by atoms with Gasteiger partial charge in [0.05, 0.1) is 64.5 Å². The predicted molar refractivity (Wildman–Crippen MR) is 322 cm³/mol. The monoisotopic (exact) mass is 1220 g/mol. The molecule has 0 bridgehead atoms. The van der Waals surface area contributed by atoms with Gasteiger partial charge >= 0.3 is 0 Å². The standard InChI is InChI=1S/C30H23F2N5O4S.C19H19FN2O4S.C12H7ClFN3/c1-33-30(38)28-22-14-21(23-12-13-27-34-24(16-37(27)35-23)17-4-8-19(31)9-5-17)25(36(2)42(3,39)40)15-26(22)41-29(28)18-6-10-20(32)11-7-18;1-11-9-14-16(10-15(11)22(3)27(4,24)25)26-18(17(14)19(23)21-2)12-5-7-13(20)8-6-12;13-11-5-6-12-15-10(7-17(12)16-11)8-1-3-9(14)4-2-8/h4-16H,1-3H3,(H,33,38);5-10H,1-4H3,(H,21,23);1-7H. The second-order valence-electron chi connectivity index (χ2n) is 19.5. The van der Waals surface area contributed by atoms with Crippen LogP contribution in [0.25, 0.3) is 89.7 Å². The lowest BCUT2D eigenvalue weighted by Crippen LogP contribution is -2.25. The third kappa shape index (κ3) is 12.2. The van der Waals surface area contributed by atoms with E-state index in [0.717, 1.165) is 32.4 Å². The number of aromatic nitrogens is 6. The maximum Gasteiger partial charge on any atom is 0.255 e. The molecule has 6 heterocycles. The van der Waals surface area contributed by atoms with Gasteiger partial charge in [0.25, 0.3) is 11.8 Å². The highest BCUT2D eigenvalue weighted by Crippen LogP contribution is 2.42. The van der Waals surface area contributed by atoms with Gasteiger partial charge < -0.3 is 19.5 Å². The van der Waals surface area contributed by atoms with Crippen LogP contribution in [0.5, 0.6) is 0 Å². The van der Waals surface area contributed by atoms with Crippen molar-refractivity contribution in [2.24, 2.45) is 0 Å². The van der Waals surface area contributed by atoms with Crippen molar-refractivity contribution in [2.75, 3.05) is 49.3 Å². The average molecular weight is 1230 g/mol. The fourth-order valence-electron chi connectivity index (χ4n) is 9.25. The molecule has 0 aliphatic heterocycles. The molecule has 0 saturated carbocycles. The summed E-state index contributed by atoms with van der Waals surface area (Å²) in [6, 6.07) is 36.6. The van der Waals surface area contributed by atoms with Gasteiger partial charge in [0.2, 0.25) is 20.0 Å². The van der Waals surface area contributed by atoms with Crippen molar-refractivity contribution in [3.63, 3.8) is 0 Å². The number of rotatable bonds is 11. The Morgan fingerprint density at radius 1 is 0.512 bits per heavy atom. The van der Waals surface area contributed by atoms with E-state index in [1.165, 1.54) is 107 Å². The number of aryl methyl sites for hydroxylation is 1. The molecule has 0 fully saturated rings.